The van der Waals surface area contributed by atoms with Crippen LogP contribution in [-0.4, -0.2) is 52.9 Å². The molecule has 0 spiro atoms. The van der Waals surface area contributed by atoms with Crippen LogP contribution in [0.15, 0.2) is 41.4 Å². The Kier molecular flexibility index (Phi) is 4.60. The third-order valence-electron chi connectivity index (χ3n) is 4.99. The van der Waals surface area contributed by atoms with Crippen LogP contribution in [0, 0.1) is 5.41 Å². The lowest BCUT2D eigenvalue weighted by atomic mass is 10.2. The van der Waals surface area contributed by atoms with Gasteiger partial charge < -0.3 is 15.5 Å². The minimum absolute atomic E-state index is 0.358. The van der Waals surface area contributed by atoms with E-state index in [0.717, 1.165) is 31.9 Å². The summed E-state index contributed by atoms with van der Waals surface area (Å²) in [7, 11) is 0. The largest absolute Gasteiger partial charge is 0.387 e. The molecule has 1 aromatic carbocycles. The summed E-state index contributed by atoms with van der Waals surface area (Å²) in [5.74, 6) is 2.20. The van der Waals surface area contributed by atoms with Crippen molar-refractivity contribution < 1.29 is 0 Å². The number of aliphatic imine (C=N–C) groups is 1. The summed E-state index contributed by atoms with van der Waals surface area (Å²) < 4.78 is 0. The maximum absolute atomic E-state index is 8.35. The van der Waals surface area contributed by atoms with E-state index in [1.54, 1.807) is 0 Å². The highest BCUT2D eigenvalue weighted by Gasteiger charge is 2.25. The predicted octanol–water partition coefficient (Wildman–Crippen LogP) is 2.47. The van der Waals surface area contributed by atoms with Crippen LogP contribution in [-0.2, 0) is 0 Å². The molecule has 2 aromatic rings. The molecule has 1 saturated heterocycles. The van der Waals surface area contributed by atoms with Gasteiger partial charge in [0, 0.05) is 49.5 Å². The highest BCUT2D eigenvalue weighted by atomic mass is 15.3. The van der Waals surface area contributed by atoms with Crippen LogP contribution in [0.25, 0.3) is 0 Å². The van der Waals surface area contributed by atoms with Gasteiger partial charge in [0.1, 0.15) is 11.7 Å². The van der Waals surface area contributed by atoms with Gasteiger partial charge in [0.05, 0.1) is 6.42 Å². The van der Waals surface area contributed by atoms with E-state index in [9.17, 15) is 0 Å². The molecule has 7 nitrogen and oxygen atoms in total. The fraction of sp³-hybridized carbons (Fsp3) is 0.421. The van der Waals surface area contributed by atoms with Gasteiger partial charge in [-0.15, -0.1) is 0 Å². The second-order valence-corrected chi connectivity index (χ2v) is 6.99. The number of piperazine rings is 1. The van der Waals surface area contributed by atoms with Crippen LogP contribution in [0.2, 0.25) is 0 Å². The maximum Gasteiger partial charge on any atom is 0.175 e. The normalized spacial score (nSPS) is 18.2. The molecule has 0 radical (unpaired) electrons. The highest BCUT2D eigenvalue weighted by Crippen LogP contribution is 2.39. The predicted molar refractivity (Wildman–Crippen MR) is 104 cm³/mol. The van der Waals surface area contributed by atoms with Crippen LogP contribution in [0.4, 0.5) is 11.5 Å². The van der Waals surface area contributed by atoms with Gasteiger partial charge in [-0.25, -0.2) is 4.99 Å². The Balaban J connectivity index is 1.29. The minimum atomic E-state index is 0.358. The van der Waals surface area contributed by atoms with E-state index in [1.807, 2.05) is 12.1 Å². The molecule has 0 amide bonds. The number of amidine groups is 2. The first-order valence-corrected chi connectivity index (χ1v) is 9.20. The Morgan fingerprint density at radius 2 is 1.92 bits per heavy atom. The Morgan fingerprint density at radius 3 is 2.62 bits per heavy atom. The van der Waals surface area contributed by atoms with Gasteiger partial charge in [0.2, 0.25) is 0 Å². The average molecular weight is 351 g/mol. The number of nitrogens with two attached hydrogens (primary N) is 1. The van der Waals surface area contributed by atoms with E-state index in [-0.39, 0.29) is 0 Å². The molecule has 1 saturated carbocycles. The Labute approximate surface area is 153 Å². The number of benzene rings is 1. The molecule has 0 atom stereocenters. The second-order valence-electron chi connectivity index (χ2n) is 6.99. The summed E-state index contributed by atoms with van der Waals surface area (Å²) >= 11 is 0. The van der Waals surface area contributed by atoms with Crippen molar-refractivity contribution in [3.63, 3.8) is 0 Å². The zero-order valence-corrected chi connectivity index (χ0v) is 14.9. The van der Waals surface area contributed by atoms with Gasteiger partial charge in [-0.3, -0.25) is 10.5 Å². The smallest absolute Gasteiger partial charge is 0.175 e. The summed E-state index contributed by atoms with van der Waals surface area (Å²) in [5, 5.41) is 15.6. The molecular weight excluding hydrogens is 326 g/mol. The standard InChI is InChI=1S/C19H25N7/c20-17(22-19-12-16(23-24-19)14-6-7-14)13-18(21)26-10-8-25(9-11-26)15-4-2-1-3-5-15/h1-5,12,14,21H,6-11,13H2,(H3,20,22,23,24). The number of para-hydroxylation sites is 1. The van der Waals surface area contributed by atoms with Gasteiger partial charge in [0.25, 0.3) is 0 Å². The number of rotatable bonds is 5. The van der Waals surface area contributed by atoms with Crippen LogP contribution in [0.3, 0.4) is 0 Å². The van der Waals surface area contributed by atoms with Gasteiger partial charge in [-0.1, -0.05) is 18.2 Å². The summed E-state index contributed by atoms with van der Waals surface area (Å²) in [6, 6.07) is 12.4. The molecule has 4 N–H and O–H groups in total. The zero-order valence-electron chi connectivity index (χ0n) is 14.9. The maximum atomic E-state index is 8.35. The first-order chi connectivity index (χ1) is 12.7. The molecule has 136 valence electrons. The summed E-state index contributed by atoms with van der Waals surface area (Å²) in [5.41, 5.74) is 8.43. The topological polar surface area (TPSA) is 97.4 Å². The molecule has 4 rings (SSSR count). The number of nitrogens with one attached hydrogen (secondary N) is 2. The SMILES string of the molecule is N=C(CC(N)=Nc1cc(C2CC2)[nH]n1)N1CCN(c2ccccc2)CC1. The van der Waals surface area contributed by atoms with Crippen molar-refractivity contribution in [1.29, 1.82) is 5.41 Å². The average Bonchev–Trinajstić information content (AvgIpc) is 3.42. The van der Waals surface area contributed by atoms with Crippen molar-refractivity contribution in [2.24, 2.45) is 10.7 Å². The van der Waals surface area contributed by atoms with Gasteiger partial charge in [-0.05, 0) is 25.0 Å². The summed E-state index contributed by atoms with van der Waals surface area (Å²) in [6.07, 6.45) is 2.80. The molecule has 2 heterocycles. The summed E-state index contributed by atoms with van der Waals surface area (Å²) in [4.78, 5) is 8.80. The van der Waals surface area contributed by atoms with Crippen LogP contribution in [0.5, 0.6) is 0 Å². The van der Waals surface area contributed by atoms with E-state index < -0.39 is 0 Å². The molecule has 1 aliphatic carbocycles. The lowest BCUT2D eigenvalue weighted by molar-refractivity contribution is 0.380. The highest BCUT2D eigenvalue weighted by molar-refractivity contribution is 6.01. The fourth-order valence-electron chi connectivity index (χ4n) is 3.33. The zero-order chi connectivity index (χ0) is 17.9. The number of anilines is 1. The number of hydrogen-bond acceptors (Lipinski definition) is 4. The van der Waals surface area contributed by atoms with E-state index in [2.05, 4.69) is 49.3 Å². The molecule has 0 unspecified atom stereocenters. The van der Waals surface area contributed by atoms with E-state index in [4.69, 9.17) is 11.1 Å². The molecule has 1 aromatic heterocycles. The van der Waals surface area contributed by atoms with E-state index in [1.165, 1.54) is 18.5 Å². The fourth-order valence-corrected chi connectivity index (χ4v) is 3.33. The molecule has 1 aliphatic heterocycles. The second kappa shape index (κ2) is 7.19. The number of nitrogens with zero attached hydrogens (tertiary/aromatic N) is 4. The molecule has 7 heteroatoms. The monoisotopic (exact) mass is 351 g/mol. The van der Waals surface area contributed by atoms with Crippen molar-refractivity contribution in [2.45, 2.75) is 25.2 Å². The quantitative estimate of drug-likeness (QED) is 0.569. The third-order valence-corrected chi connectivity index (χ3v) is 4.99. The molecule has 26 heavy (non-hydrogen) atoms. The molecule has 2 fully saturated rings. The molecule has 0 bridgehead atoms. The van der Waals surface area contributed by atoms with Gasteiger partial charge in [-0.2, -0.15) is 5.10 Å². The van der Waals surface area contributed by atoms with Crippen molar-refractivity contribution in [1.82, 2.24) is 15.1 Å². The van der Waals surface area contributed by atoms with Crippen molar-refractivity contribution in [3.05, 3.63) is 42.1 Å². The van der Waals surface area contributed by atoms with Crippen LogP contribution < -0.4 is 10.6 Å². The minimum Gasteiger partial charge on any atom is -0.387 e. The lowest BCUT2D eigenvalue weighted by Gasteiger charge is -2.37. The third kappa shape index (κ3) is 3.87. The summed E-state index contributed by atoms with van der Waals surface area (Å²) in [6.45, 7) is 3.48. The number of aromatic amines is 1. The van der Waals surface area contributed by atoms with E-state index in [0.29, 0.717) is 29.8 Å². The number of H-pyrrole nitrogens is 1. The van der Waals surface area contributed by atoms with Crippen LogP contribution >= 0.6 is 0 Å². The molecule has 2 aliphatic rings. The molecular formula is C19H25N7. The van der Waals surface area contributed by atoms with Crippen molar-refractivity contribution >= 4 is 23.2 Å². The van der Waals surface area contributed by atoms with Gasteiger partial charge in [0.15, 0.2) is 5.82 Å². The number of aromatic nitrogens is 2. The Bertz CT molecular complexity index is 783. The van der Waals surface area contributed by atoms with E-state index >= 15 is 0 Å². The van der Waals surface area contributed by atoms with Crippen LogP contribution in [0.1, 0.15) is 30.9 Å². The first kappa shape index (κ1) is 16.6. The first-order valence-electron chi connectivity index (χ1n) is 9.20. The Morgan fingerprint density at radius 1 is 1.19 bits per heavy atom. The van der Waals surface area contributed by atoms with Crippen molar-refractivity contribution in [3.8, 4) is 0 Å². The Hall–Kier alpha value is -2.83. The van der Waals surface area contributed by atoms with Crippen molar-refractivity contribution in [2.75, 3.05) is 31.1 Å². The number of hydrogen-bond donors (Lipinski definition) is 3. The lowest BCUT2D eigenvalue weighted by Crippen LogP contribution is -2.49. The van der Waals surface area contributed by atoms with Gasteiger partial charge >= 0.3 is 0 Å².